The number of pyridine rings is 1. The molecule has 5 rings (SSSR count). The second-order valence-electron chi connectivity index (χ2n) is 4.99. The summed E-state index contributed by atoms with van der Waals surface area (Å²) in [5.74, 6) is 1.62. The highest BCUT2D eigenvalue weighted by molar-refractivity contribution is 5.86. The Bertz CT molecular complexity index is 559. The van der Waals surface area contributed by atoms with Gasteiger partial charge in [-0.3, -0.25) is 4.98 Å². The molecule has 0 aromatic carbocycles. The van der Waals surface area contributed by atoms with Crippen molar-refractivity contribution in [1.82, 2.24) is 14.9 Å². The number of nitrogens with one attached hydrogen (secondary N) is 1. The average Bonchev–Trinajstić information content (AvgIpc) is 2.49. The van der Waals surface area contributed by atoms with Crippen molar-refractivity contribution < 1.29 is 5.21 Å². The SMILES string of the molecule is On1nc(NC23CC(C2)C3)c2ncccc21. The highest BCUT2D eigenvalue weighted by Crippen LogP contribution is 2.58. The highest BCUT2D eigenvalue weighted by atomic mass is 16.5. The molecule has 0 radical (unpaired) electrons. The second kappa shape index (κ2) is 2.48. The lowest BCUT2D eigenvalue weighted by Crippen LogP contribution is -2.63. The summed E-state index contributed by atoms with van der Waals surface area (Å²) in [5.41, 5.74) is 1.65. The second-order valence-corrected chi connectivity index (χ2v) is 4.99. The van der Waals surface area contributed by atoms with Crippen molar-refractivity contribution in [2.24, 2.45) is 5.92 Å². The van der Waals surface area contributed by atoms with E-state index in [9.17, 15) is 5.21 Å². The van der Waals surface area contributed by atoms with E-state index in [0.717, 1.165) is 16.3 Å². The molecule has 0 amide bonds. The van der Waals surface area contributed by atoms with E-state index in [4.69, 9.17) is 0 Å². The normalized spacial score (nSPS) is 30.9. The van der Waals surface area contributed by atoms with Gasteiger partial charge in [0.05, 0.1) is 0 Å². The van der Waals surface area contributed by atoms with Crippen molar-refractivity contribution in [2.75, 3.05) is 5.32 Å². The molecule has 2 aromatic rings. The Morgan fingerprint density at radius 2 is 2.25 bits per heavy atom. The first-order chi connectivity index (χ1) is 7.76. The van der Waals surface area contributed by atoms with Gasteiger partial charge in [0.2, 0.25) is 0 Å². The van der Waals surface area contributed by atoms with E-state index in [0.29, 0.717) is 11.3 Å². The monoisotopic (exact) mass is 216 g/mol. The molecule has 2 heterocycles. The van der Waals surface area contributed by atoms with Crippen molar-refractivity contribution in [1.29, 1.82) is 0 Å². The average molecular weight is 216 g/mol. The maximum atomic E-state index is 9.62. The Morgan fingerprint density at radius 3 is 2.94 bits per heavy atom. The van der Waals surface area contributed by atoms with E-state index in [2.05, 4.69) is 15.4 Å². The van der Waals surface area contributed by atoms with Crippen molar-refractivity contribution >= 4 is 16.9 Å². The molecule has 0 aliphatic heterocycles. The fourth-order valence-electron chi connectivity index (χ4n) is 2.90. The van der Waals surface area contributed by atoms with E-state index in [1.807, 2.05) is 6.07 Å². The van der Waals surface area contributed by atoms with Crippen LogP contribution >= 0.6 is 0 Å². The molecule has 16 heavy (non-hydrogen) atoms. The van der Waals surface area contributed by atoms with Gasteiger partial charge in [0, 0.05) is 11.7 Å². The Labute approximate surface area is 92.1 Å². The minimum Gasteiger partial charge on any atom is -0.411 e. The molecule has 3 aliphatic carbocycles. The third-order valence-electron chi connectivity index (χ3n) is 3.84. The molecule has 2 aromatic heterocycles. The van der Waals surface area contributed by atoms with Crippen LogP contribution in [0.3, 0.4) is 0 Å². The lowest BCUT2D eigenvalue weighted by Gasteiger charge is -2.61. The number of hydrogen-bond donors (Lipinski definition) is 2. The molecule has 0 atom stereocenters. The largest absolute Gasteiger partial charge is 0.411 e. The zero-order chi connectivity index (χ0) is 10.8. The number of rotatable bonds is 2. The maximum Gasteiger partial charge on any atom is 0.178 e. The number of fused-ring (bicyclic) bond motifs is 1. The minimum absolute atomic E-state index is 0.253. The minimum atomic E-state index is 0.253. The standard InChI is InChI=1S/C11H12N4O/c16-15-8-2-1-3-12-9(8)10(14-15)13-11-4-7(5-11)6-11/h1-3,7,16H,4-6H2,(H,13,14). The lowest BCUT2D eigenvalue weighted by atomic mass is 9.50. The van der Waals surface area contributed by atoms with E-state index in [-0.39, 0.29) is 5.54 Å². The van der Waals surface area contributed by atoms with Crippen molar-refractivity contribution in [2.45, 2.75) is 24.8 Å². The summed E-state index contributed by atoms with van der Waals surface area (Å²) in [7, 11) is 0. The first-order valence-electron chi connectivity index (χ1n) is 5.57. The Morgan fingerprint density at radius 1 is 1.44 bits per heavy atom. The lowest BCUT2D eigenvalue weighted by molar-refractivity contribution is 0.00164. The van der Waals surface area contributed by atoms with Gasteiger partial charge in [-0.05, 0) is 37.3 Å². The van der Waals surface area contributed by atoms with E-state index < -0.39 is 0 Å². The van der Waals surface area contributed by atoms with Crippen LogP contribution in [0.25, 0.3) is 11.0 Å². The fraction of sp³-hybridized carbons (Fsp3) is 0.455. The van der Waals surface area contributed by atoms with Gasteiger partial charge in [0.15, 0.2) is 5.82 Å². The molecule has 5 nitrogen and oxygen atoms in total. The predicted octanol–water partition coefficient (Wildman–Crippen LogP) is 1.63. The van der Waals surface area contributed by atoms with Crippen molar-refractivity contribution in [3.05, 3.63) is 18.3 Å². The number of anilines is 1. The summed E-state index contributed by atoms with van der Waals surface area (Å²) in [4.78, 5) is 5.15. The Kier molecular flexibility index (Phi) is 1.30. The molecule has 2 N–H and O–H groups in total. The van der Waals surface area contributed by atoms with Crippen LogP contribution < -0.4 is 5.32 Å². The van der Waals surface area contributed by atoms with Crippen LogP contribution in [0.4, 0.5) is 5.82 Å². The smallest absolute Gasteiger partial charge is 0.178 e. The van der Waals surface area contributed by atoms with Gasteiger partial charge in [-0.2, -0.15) is 0 Å². The van der Waals surface area contributed by atoms with Crippen LogP contribution in [-0.4, -0.2) is 25.7 Å². The van der Waals surface area contributed by atoms with Crippen LogP contribution in [0.15, 0.2) is 18.3 Å². The molecule has 0 unspecified atom stereocenters. The number of aromatic nitrogens is 3. The first-order valence-corrected chi connectivity index (χ1v) is 5.57. The van der Waals surface area contributed by atoms with Gasteiger partial charge in [-0.1, -0.05) is 4.85 Å². The van der Waals surface area contributed by atoms with E-state index in [1.54, 1.807) is 12.3 Å². The topological polar surface area (TPSA) is 63.0 Å². The summed E-state index contributed by atoms with van der Waals surface area (Å²) < 4.78 is 0. The van der Waals surface area contributed by atoms with Gasteiger partial charge in [0.1, 0.15) is 11.0 Å². The maximum absolute atomic E-state index is 9.62. The fourth-order valence-corrected chi connectivity index (χ4v) is 2.90. The molecule has 0 saturated heterocycles. The van der Waals surface area contributed by atoms with Gasteiger partial charge in [-0.15, -0.1) is 5.10 Å². The molecule has 0 spiro atoms. The molecule has 5 heteroatoms. The van der Waals surface area contributed by atoms with Crippen molar-refractivity contribution in [3.63, 3.8) is 0 Å². The molecular weight excluding hydrogens is 204 g/mol. The summed E-state index contributed by atoms with van der Waals surface area (Å²) >= 11 is 0. The predicted molar refractivity (Wildman–Crippen MR) is 58.4 cm³/mol. The molecule has 3 aliphatic rings. The van der Waals surface area contributed by atoms with Gasteiger partial charge in [0.25, 0.3) is 0 Å². The van der Waals surface area contributed by atoms with Crippen LogP contribution in [0.1, 0.15) is 19.3 Å². The van der Waals surface area contributed by atoms with Crippen molar-refractivity contribution in [3.8, 4) is 0 Å². The van der Waals surface area contributed by atoms with Crippen LogP contribution in [0.2, 0.25) is 0 Å². The van der Waals surface area contributed by atoms with Crippen LogP contribution in [0.5, 0.6) is 0 Å². The Hall–Kier alpha value is -1.78. The third-order valence-corrected chi connectivity index (χ3v) is 3.84. The summed E-state index contributed by atoms with van der Waals surface area (Å²) in [6.45, 7) is 0. The highest BCUT2D eigenvalue weighted by Gasteiger charge is 2.57. The molecule has 3 fully saturated rings. The third kappa shape index (κ3) is 0.905. The molecular formula is C11H12N4O. The summed E-state index contributed by atoms with van der Waals surface area (Å²) in [6, 6.07) is 3.60. The van der Waals surface area contributed by atoms with Gasteiger partial charge < -0.3 is 10.5 Å². The van der Waals surface area contributed by atoms with Gasteiger partial charge >= 0.3 is 0 Å². The van der Waals surface area contributed by atoms with E-state index >= 15 is 0 Å². The molecule has 3 saturated carbocycles. The Balaban J connectivity index is 1.79. The van der Waals surface area contributed by atoms with Crippen LogP contribution in [0, 0.1) is 5.92 Å². The summed E-state index contributed by atoms with van der Waals surface area (Å²) in [6.07, 6.45) is 5.43. The van der Waals surface area contributed by atoms with Gasteiger partial charge in [-0.25, -0.2) is 0 Å². The quantitative estimate of drug-likeness (QED) is 0.749. The zero-order valence-corrected chi connectivity index (χ0v) is 8.72. The molecule has 82 valence electrons. The first kappa shape index (κ1) is 8.38. The van der Waals surface area contributed by atoms with Crippen LogP contribution in [-0.2, 0) is 0 Å². The van der Waals surface area contributed by atoms with E-state index in [1.165, 1.54) is 19.3 Å². The summed E-state index contributed by atoms with van der Waals surface area (Å²) in [5, 5.41) is 17.1. The zero-order valence-electron chi connectivity index (χ0n) is 8.72. The molecule has 2 bridgehead atoms. The number of nitrogens with zero attached hydrogens (tertiary/aromatic N) is 3. The number of hydrogen-bond acceptors (Lipinski definition) is 4.